The van der Waals surface area contributed by atoms with E-state index < -0.39 is 44.4 Å². The van der Waals surface area contributed by atoms with E-state index in [4.69, 9.17) is 24.6 Å². The molecule has 1 aromatic carbocycles. The number of carbonyl (C=O) groups is 2. The number of hydrogen-bond donors (Lipinski definition) is 4. The van der Waals surface area contributed by atoms with Crippen LogP contribution in [0.5, 0.6) is 0 Å². The molecule has 1 rings (SSSR count). The number of aliphatic hydroxyl groups is 2. The Kier molecular flexibility index (Phi) is 6.00. The monoisotopic (exact) mass is 334 g/mol. The molecule has 0 aromatic heterocycles. The summed E-state index contributed by atoms with van der Waals surface area (Å²) in [6.07, 6.45) is -1.53. The summed E-state index contributed by atoms with van der Waals surface area (Å²) in [5, 5.41) is 26.2. The number of aliphatic hydroxyl groups excluding tert-OH is 1. The summed E-state index contributed by atoms with van der Waals surface area (Å²) in [4.78, 5) is 21.8. The molecule has 0 aliphatic heterocycles. The Hall–Kier alpha value is -2.01. The highest BCUT2D eigenvalue weighted by Gasteiger charge is 2.28. The van der Waals surface area contributed by atoms with Crippen LogP contribution in [-0.2, 0) is 14.9 Å². The van der Waals surface area contributed by atoms with Crippen LogP contribution in [0.4, 0.5) is 0 Å². The lowest BCUT2D eigenvalue weighted by molar-refractivity contribution is -0.0494. The van der Waals surface area contributed by atoms with Crippen molar-refractivity contribution in [2.24, 2.45) is 0 Å². The predicted octanol–water partition coefficient (Wildman–Crippen LogP) is -0.121. The second-order valence-corrected chi connectivity index (χ2v) is 5.58. The lowest BCUT2D eigenvalue weighted by atomic mass is 10.1. The summed E-state index contributed by atoms with van der Waals surface area (Å²) >= 11 is 0. The summed E-state index contributed by atoms with van der Waals surface area (Å²) in [5.41, 5.74) is -1.38. The lowest BCUT2D eigenvalue weighted by Gasteiger charge is -2.10. The molecule has 0 unspecified atom stereocenters. The van der Waals surface area contributed by atoms with Crippen LogP contribution in [0.2, 0.25) is 0 Å². The third kappa shape index (κ3) is 4.77. The van der Waals surface area contributed by atoms with Gasteiger partial charge in [-0.1, -0.05) is 6.07 Å². The van der Waals surface area contributed by atoms with Crippen molar-refractivity contribution < 1.29 is 42.6 Å². The van der Waals surface area contributed by atoms with Gasteiger partial charge in [-0.3, -0.25) is 4.55 Å². The second-order valence-electron chi connectivity index (χ2n) is 4.22. The maximum absolute atomic E-state index is 11.8. The Morgan fingerprint density at radius 3 is 2.27 bits per heavy atom. The molecule has 4 N–H and O–H groups in total. The van der Waals surface area contributed by atoms with Crippen LogP contribution in [0.1, 0.15) is 33.6 Å². The van der Waals surface area contributed by atoms with Gasteiger partial charge >= 0.3 is 11.9 Å². The molecule has 10 heteroatoms. The fourth-order valence-electron chi connectivity index (χ4n) is 1.65. The number of carboxylic acids is 1. The van der Waals surface area contributed by atoms with Gasteiger partial charge in [-0.2, -0.15) is 8.42 Å². The lowest BCUT2D eigenvalue weighted by Crippen LogP contribution is -2.17. The van der Waals surface area contributed by atoms with Crippen LogP contribution in [0.25, 0.3) is 0 Å². The molecule has 22 heavy (non-hydrogen) atoms. The molecule has 1 aromatic rings. The summed E-state index contributed by atoms with van der Waals surface area (Å²) in [5.74, 6) is -2.78. The number of rotatable bonds is 7. The average molecular weight is 334 g/mol. The zero-order chi connectivity index (χ0) is 16.9. The van der Waals surface area contributed by atoms with Crippen LogP contribution in [0.15, 0.2) is 23.1 Å². The molecule has 9 nitrogen and oxygen atoms in total. The molecular formula is C12H14O9S. The van der Waals surface area contributed by atoms with Crippen molar-refractivity contribution in [2.45, 2.75) is 24.0 Å². The number of carboxylic acid groups (broad SMARTS) is 1. The number of hydrogen-bond acceptors (Lipinski definition) is 7. The highest BCUT2D eigenvalue weighted by Crippen LogP contribution is 2.22. The van der Waals surface area contributed by atoms with E-state index in [1.807, 2.05) is 0 Å². The first-order valence-corrected chi connectivity index (χ1v) is 7.45. The normalized spacial score (nSPS) is 11.5. The molecule has 122 valence electrons. The van der Waals surface area contributed by atoms with Crippen LogP contribution in [0, 0.1) is 0 Å². The van der Waals surface area contributed by atoms with E-state index in [0.717, 1.165) is 18.2 Å². The molecule has 0 radical (unpaired) electrons. The van der Waals surface area contributed by atoms with Crippen molar-refractivity contribution in [1.29, 1.82) is 0 Å². The van der Waals surface area contributed by atoms with E-state index in [9.17, 15) is 18.0 Å². The highest BCUT2D eigenvalue weighted by atomic mass is 32.2. The summed E-state index contributed by atoms with van der Waals surface area (Å²) in [6, 6.07) is 3.05. The third-order valence-corrected chi connectivity index (χ3v) is 3.52. The Morgan fingerprint density at radius 2 is 1.77 bits per heavy atom. The van der Waals surface area contributed by atoms with E-state index in [2.05, 4.69) is 0 Å². The Morgan fingerprint density at radius 1 is 1.18 bits per heavy atom. The largest absolute Gasteiger partial charge is 0.478 e. The molecule has 0 heterocycles. The van der Waals surface area contributed by atoms with Crippen molar-refractivity contribution in [3.8, 4) is 0 Å². The molecule has 0 atom stereocenters. The Balaban J connectivity index is 3.06. The second kappa shape index (κ2) is 7.31. The molecule has 0 spiro atoms. The molecule has 0 aliphatic rings. The van der Waals surface area contributed by atoms with E-state index in [-0.39, 0.29) is 19.4 Å². The minimum absolute atomic E-state index is 0.0619. The fourth-order valence-corrected chi connectivity index (χ4v) is 2.52. The van der Waals surface area contributed by atoms with Crippen LogP contribution in [0.3, 0.4) is 0 Å². The summed E-state index contributed by atoms with van der Waals surface area (Å²) in [7, 11) is -4.96. The zero-order valence-electron chi connectivity index (χ0n) is 11.2. The van der Waals surface area contributed by atoms with Crippen LogP contribution >= 0.6 is 0 Å². The van der Waals surface area contributed by atoms with Gasteiger partial charge in [0, 0.05) is 6.42 Å². The SMILES string of the molecule is O=C(O)c1cccc(C(=O)OCCCC(O)O)c1S(=O)(=O)O. The third-order valence-electron chi connectivity index (χ3n) is 2.56. The summed E-state index contributed by atoms with van der Waals surface area (Å²) in [6.45, 7) is -0.237. The number of ether oxygens (including phenoxy) is 1. The van der Waals surface area contributed by atoms with Crippen LogP contribution in [-0.4, -0.2) is 53.1 Å². The van der Waals surface area contributed by atoms with Gasteiger partial charge in [0.1, 0.15) is 4.90 Å². The standard InChI is InChI=1S/C12H14O9S/c13-9(14)5-2-6-21-12(17)8-4-1-3-7(11(15)16)10(8)22(18,19)20/h1,3-4,9,13-14H,2,5-6H2,(H,15,16)(H,18,19,20). The van der Waals surface area contributed by atoms with Gasteiger partial charge in [0.15, 0.2) is 6.29 Å². The molecular weight excluding hydrogens is 320 g/mol. The topological polar surface area (TPSA) is 158 Å². The van der Waals surface area contributed by atoms with Crippen molar-refractivity contribution in [3.05, 3.63) is 29.3 Å². The number of carbonyl (C=O) groups excluding carboxylic acids is 1. The van der Waals surface area contributed by atoms with E-state index in [1.165, 1.54) is 0 Å². The molecule has 0 amide bonds. The van der Waals surface area contributed by atoms with Gasteiger partial charge < -0.3 is 20.1 Å². The van der Waals surface area contributed by atoms with Gasteiger partial charge in [0.05, 0.1) is 17.7 Å². The van der Waals surface area contributed by atoms with Crippen molar-refractivity contribution >= 4 is 22.1 Å². The maximum atomic E-state index is 11.8. The number of aromatic carboxylic acids is 1. The predicted molar refractivity (Wildman–Crippen MR) is 71.0 cm³/mol. The van der Waals surface area contributed by atoms with E-state index in [0.29, 0.717) is 0 Å². The smallest absolute Gasteiger partial charge is 0.339 e. The first-order valence-electron chi connectivity index (χ1n) is 6.01. The Bertz CT molecular complexity index is 663. The average Bonchev–Trinajstić information content (AvgIpc) is 2.41. The Labute approximate surface area is 125 Å². The first-order chi connectivity index (χ1) is 10.1. The zero-order valence-corrected chi connectivity index (χ0v) is 12.0. The molecule has 0 fully saturated rings. The first kappa shape index (κ1) is 18.0. The van der Waals surface area contributed by atoms with Gasteiger partial charge in [-0.05, 0) is 18.6 Å². The van der Waals surface area contributed by atoms with Gasteiger partial charge in [-0.15, -0.1) is 0 Å². The van der Waals surface area contributed by atoms with E-state index >= 15 is 0 Å². The van der Waals surface area contributed by atoms with Crippen molar-refractivity contribution in [1.82, 2.24) is 0 Å². The fraction of sp³-hybridized carbons (Fsp3) is 0.333. The minimum Gasteiger partial charge on any atom is -0.478 e. The van der Waals surface area contributed by atoms with Gasteiger partial charge in [0.25, 0.3) is 10.1 Å². The number of esters is 1. The maximum Gasteiger partial charge on any atom is 0.339 e. The molecule has 0 saturated heterocycles. The van der Waals surface area contributed by atoms with Gasteiger partial charge in [-0.25, -0.2) is 9.59 Å². The van der Waals surface area contributed by atoms with Crippen LogP contribution < -0.4 is 0 Å². The molecule has 0 aliphatic carbocycles. The molecule has 0 saturated carbocycles. The van der Waals surface area contributed by atoms with Gasteiger partial charge in [0.2, 0.25) is 0 Å². The molecule has 0 bridgehead atoms. The van der Waals surface area contributed by atoms with Crippen molar-refractivity contribution in [3.63, 3.8) is 0 Å². The quantitative estimate of drug-likeness (QED) is 0.231. The van der Waals surface area contributed by atoms with E-state index in [1.54, 1.807) is 0 Å². The number of benzene rings is 1. The minimum atomic E-state index is -4.96. The highest BCUT2D eigenvalue weighted by molar-refractivity contribution is 7.86. The summed E-state index contributed by atoms with van der Waals surface area (Å²) < 4.78 is 36.5. The van der Waals surface area contributed by atoms with Crippen molar-refractivity contribution in [2.75, 3.05) is 6.61 Å².